The molecule has 1 aromatic heterocycles. The standard InChI is InChI=1S/C22H25N3O5S/c1-28-18-10-12-19(13-11-18)31(26,27)25-14-6-5-9-20(25)22-23-21(30-24-22)16-29-15-17-7-3-2-4-8-17/h2-4,7-8,10-13,20H,5-6,9,14-16H2,1H3. The van der Waals surface area contributed by atoms with Crippen molar-refractivity contribution in [1.29, 1.82) is 0 Å². The number of nitrogens with zero attached hydrogens (tertiary/aromatic N) is 3. The van der Waals surface area contributed by atoms with E-state index in [9.17, 15) is 8.42 Å². The summed E-state index contributed by atoms with van der Waals surface area (Å²) in [4.78, 5) is 4.64. The van der Waals surface area contributed by atoms with E-state index in [-0.39, 0.29) is 11.5 Å². The van der Waals surface area contributed by atoms with Crippen molar-refractivity contribution in [1.82, 2.24) is 14.4 Å². The van der Waals surface area contributed by atoms with Gasteiger partial charge in [0.25, 0.3) is 5.89 Å². The molecule has 0 N–H and O–H groups in total. The Kier molecular flexibility index (Phi) is 6.64. The molecule has 3 aromatic rings. The second-order valence-corrected chi connectivity index (χ2v) is 9.22. The molecule has 1 atom stereocenters. The van der Waals surface area contributed by atoms with Crippen LogP contribution in [-0.4, -0.2) is 36.5 Å². The van der Waals surface area contributed by atoms with Crippen molar-refractivity contribution in [2.24, 2.45) is 0 Å². The third-order valence-corrected chi connectivity index (χ3v) is 7.16. The van der Waals surface area contributed by atoms with Crippen LogP contribution < -0.4 is 4.74 Å². The van der Waals surface area contributed by atoms with Crippen molar-refractivity contribution in [2.45, 2.75) is 43.4 Å². The Morgan fingerprint density at radius 2 is 1.84 bits per heavy atom. The van der Waals surface area contributed by atoms with Gasteiger partial charge in [0.15, 0.2) is 5.82 Å². The van der Waals surface area contributed by atoms with E-state index in [1.165, 1.54) is 4.31 Å². The average molecular weight is 444 g/mol. The molecule has 1 unspecified atom stereocenters. The number of sulfonamides is 1. The molecular weight excluding hydrogens is 418 g/mol. The van der Waals surface area contributed by atoms with E-state index in [4.69, 9.17) is 14.0 Å². The van der Waals surface area contributed by atoms with Crippen LogP contribution in [-0.2, 0) is 28.0 Å². The van der Waals surface area contributed by atoms with Gasteiger partial charge in [0.05, 0.1) is 24.7 Å². The summed E-state index contributed by atoms with van der Waals surface area (Å²) >= 11 is 0. The van der Waals surface area contributed by atoms with Crippen LogP contribution in [0.3, 0.4) is 0 Å². The summed E-state index contributed by atoms with van der Waals surface area (Å²) in [6.45, 7) is 1.01. The molecule has 0 aliphatic carbocycles. The van der Waals surface area contributed by atoms with Crippen LogP contribution in [0.1, 0.15) is 42.6 Å². The van der Waals surface area contributed by atoms with E-state index < -0.39 is 16.1 Å². The van der Waals surface area contributed by atoms with Gasteiger partial charge in [0.1, 0.15) is 12.4 Å². The van der Waals surface area contributed by atoms with E-state index in [2.05, 4.69) is 10.1 Å². The van der Waals surface area contributed by atoms with Crippen LogP contribution in [0.15, 0.2) is 64.0 Å². The van der Waals surface area contributed by atoms with Gasteiger partial charge in [-0.15, -0.1) is 0 Å². The van der Waals surface area contributed by atoms with E-state index in [0.29, 0.717) is 37.0 Å². The number of aromatic nitrogens is 2. The lowest BCUT2D eigenvalue weighted by Gasteiger charge is -2.32. The van der Waals surface area contributed by atoms with Crippen LogP contribution >= 0.6 is 0 Å². The first kappa shape index (κ1) is 21.5. The molecule has 2 aromatic carbocycles. The van der Waals surface area contributed by atoms with Gasteiger partial charge in [0.2, 0.25) is 10.0 Å². The molecule has 1 aliphatic rings. The lowest BCUT2D eigenvalue weighted by atomic mass is 10.0. The summed E-state index contributed by atoms with van der Waals surface area (Å²) in [7, 11) is -2.16. The largest absolute Gasteiger partial charge is 0.497 e. The maximum Gasteiger partial charge on any atom is 0.252 e. The van der Waals surface area contributed by atoms with Gasteiger partial charge in [-0.3, -0.25) is 0 Å². The zero-order valence-corrected chi connectivity index (χ0v) is 18.1. The maximum atomic E-state index is 13.3. The fourth-order valence-electron chi connectivity index (χ4n) is 3.63. The zero-order chi connectivity index (χ0) is 21.7. The predicted molar refractivity (Wildman–Crippen MR) is 113 cm³/mol. The number of rotatable bonds is 8. The lowest BCUT2D eigenvalue weighted by molar-refractivity contribution is 0.0850. The van der Waals surface area contributed by atoms with Crippen LogP contribution in [0.2, 0.25) is 0 Å². The number of hydrogen-bond acceptors (Lipinski definition) is 7. The first-order chi connectivity index (χ1) is 15.1. The van der Waals surface area contributed by atoms with Crippen molar-refractivity contribution in [3.05, 3.63) is 71.9 Å². The van der Waals surface area contributed by atoms with Crippen LogP contribution in [0.25, 0.3) is 0 Å². The molecule has 31 heavy (non-hydrogen) atoms. The van der Waals surface area contributed by atoms with Crippen molar-refractivity contribution in [3.63, 3.8) is 0 Å². The minimum atomic E-state index is -3.70. The maximum absolute atomic E-state index is 13.3. The van der Waals surface area contributed by atoms with E-state index in [0.717, 1.165) is 18.4 Å². The molecule has 8 nitrogen and oxygen atoms in total. The van der Waals surface area contributed by atoms with Crippen molar-refractivity contribution in [2.75, 3.05) is 13.7 Å². The molecule has 164 valence electrons. The second kappa shape index (κ2) is 9.59. The molecule has 0 spiro atoms. The minimum Gasteiger partial charge on any atom is -0.497 e. The number of hydrogen-bond donors (Lipinski definition) is 0. The first-order valence-electron chi connectivity index (χ1n) is 10.2. The van der Waals surface area contributed by atoms with Gasteiger partial charge in [-0.05, 0) is 42.7 Å². The molecule has 0 amide bonds. The van der Waals surface area contributed by atoms with Gasteiger partial charge < -0.3 is 14.0 Å². The molecule has 1 saturated heterocycles. The lowest BCUT2D eigenvalue weighted by Crippen LogP contribution is -2.39. The van der Waals surface area contributed by atoms with Gasteiger partial charge in [-0.2, -0.15) is 9.29 Å². The molecule has 0 bridgehead atoms. The summed E-state index contributed by atoms with van der Waals surface area (Å²) in [5, 5.41) is 4.06. The van der Waals surface area contributed by atoms with Crippen molar-refractivity contribution in [3.8, 4) is 5.75 Å². The van der Waals surface area contributed by atoms with Crippen LogP contribution in [0.4, 0.5) is 0 Å². The molecule has 1 aliphatic heterocycles. The highest BCUT2D eigenvalue weighted by Crippen LogP contribution is 2.34. The third-order valence-electron chi connectivity index (χ3n) is 5.24. The third kappa shape index (κ3) is 4.95. The highest BCUT2D eigenvalue weighted by atomic mass is 32.2. The fourth-order valence-corrected chi connectivity index (χ4v) is 5.28. The molecule has 0 radical (unpaired) electrons. The van der Waals surface area contributed by atoms with Crippen molar-refractivity contribution < 1.29 is 22.4 Å². The Labute approximate surface area is 181 Å². The monoisotopic (exact) mass is 443 g/mol. The highest BCUT2D eigenvalue weighted by molar-refractivity contribution is 7.89. The number of methoxy groups -OCH3 is 1. The molecular formula is C22H25N3O5S. The van der Waals surface area contributed by atoms with E-state index >= 15 is 0 Å². The Hall–Kier alpha value is -2.75. The highest BCUT2D eigenvalue weighted by Gasteiger charge is 2.37. The summed E-state index contributed by atoms with van der Waals surface area (Å²) in [5.41, 5.74) is 1.05. The van der Waals surface area contributed by atoms with Crippen LogP contribution in [0, 0.1) is 0 Å². The van der Waals surface area contributed by atoms with E-state index in [1.807, 2.05) is 30.3 Å². The number of benzene rings is 2. The summed E-state index contributed by atoms with van der Waals surface area (Å²) in [5.74, 6) is 1.31. The normalized spacial score (nSPS) is 17.5. The summed E-state index contributed by atoms with van der Waals surface area (Å²) < 4.78 is 44.1. The fraction of sp³-hybridized carbons (Fsp3) is 0.364. The molecule has 9 heteroatoms. The van der Waals surface area contributed by atoms with Crippen LogP contribution in [0.5, 0.6) is 5.75 Å². The molecule has 1 fully saturated rings. The minimum absolute atomic E-state index is 0.167. The number of ether oxygens (including phenoxy) is 2. The second-order valence-electron chi connectivity index (χ2n) is 7.33. The molecule has 4 rings (SSSR count). The van der Waals surface area contributed by atoms with E-state index in [1.54, 1.807) is 31.4 Å². The van der Waals surface area contributed by atoms with Gasteiger partial charge in [-0.25, -0.2) is 8.42 Å². The summed E-state index contributed by atoms with van der Waals surface area (Å²) in [6.07, 6.45) is 2.32. The quantitative estimate of drug-likeness (QED) is 0.524. The van der Waals surface area contributed by atoms with Crippen molar-refractivity contribution >= 4 is 10.0 Å². The average Bonchev–Trinajstić information content (AvgIpc) is 3.29. The molecule has 0 saturated carbocycles. The topological polar surface area (TPSA) is 94.8 Å². The Morgan fingerprint density at radius 1 is 1.06 bits per heavy atom. The SMILES string of the molecule is COc1ccc(S(=O)(=O)N2CCCCC2c2noc(COCc3ccccc3)n2)cc1. The number of piperidine rings is 1. The predicted octanol–water partition coefficient (Wildman–Crippen LogP) is 3.71. The van der Waals surface area contributed by atoms with Gasteiger partial charge in [-0.1, -0.05) is 41.9 Å². The van der Waals surface area contributed by atoms with Gasteiger partial charge in [0, 0.05) is 6.54 Å². The Balaban J connectivity index is 1.47. The first-order valence-corrected chi connectivity index (χ1v) is 11.6. The molecule has 2 heterocycles. The van der Waals surface area contributed by atoms with Gasteiger partial charge >= 0.3 is 0 Å². The summed E-state index contributed by atoms with van der Waals surface area (Å²) in [6, 6.07) is 15.7. The Morgan fingerprint density at radius 3 is 2.58 bits per heavy atom. The smallest absolute Gasteiger partial charge is 0.252 e. The zero-order valence-electron chi connectivity index (χ0n) is 17.3. The Bertz CT molecular complexity index is 1080.